The maximum atomic E-state index is 11.5. The van der Waals surface area contributed by atoms with E-state index in [1.807, 2.05) is 0 Å². The van der Waals surface area contributed by atoms with E-state index in [1.54, 1.807) is 26.0 Å². The molecule has 0 aliphatic carbocycles. The van der Waals surface area contributed by atoms with Crippen molar-refractivity contribution in [1.29, 1.82) is 0 Å². The minimum absolute atomic E-state index is 0.0389. The van der Waals surface area contributed by atoms with Gasteiger partial charge >= 0.3 is 5.97 Å². The second kappa shape index (κ2) is 7.09. The van der Waals surface area contributed by atoms with Crippen LogP contribution in [0.3, 0.4) is 0 Å². The van der Waals surface area contributed by atoms with E-state index in [4.69, 9.17) is 25.8 Å². The third-order valence-electron chi connectivity index (χ3n) is 2.26. The van der Waals surface area contributed by atoms with Gasteiger partial charge in [0.05, 0.1) is 31.0 Å². The number of ether oxygens (including phenoxy) is 3. The van der Waals surface area contributed by atoms with Crippen molar-refractivity contribution in [3.05, 3.63) is 17.2 Å². The molecule has 0 saturated carbocycles. The first kappa shape index (κ1) is 15.4. The van der Waals surface area contributed by atoms with Gasteiger partial charge in [0.25, 0.3) is 0 Å². The van der Waals surface area contributed by atoms with Gasteiger partial charge < -0.3 is 19.5 Å². The molecule has 0 saturated heterocycles. The number of hydrogen-bond acceptors (Lipinski definition) is 5. The van der Waals surface area contributed by atoms with Crippen LogP contribution in [0.15, 0.2) is 12.1 Å². The molecule has 1 N–H and O–H groups in total. The molecule has 0 fully saturated rings. The molecule has 1 rings (SSSR count). The number of esters is 1. The van der Waals surface area contributed by atoms with E-state index in [-0.39, 0.29) is 18.6 Å². The number of halogens is 1. The minimum Gasteiger partial charge on any atom is -0.495 e. The van der Waals surface area contributed by atoms with Crippen molar-refractivity contribution in [2.24, 2.45) is 0 Å². The molecule has 0 radical (unpaired) electrons. The summed E-state index contributed by atoms with van der Waals surface area (Å²) in [5, 5.41) is 3.36. The highest BCUT2D eigenvalue weighted by molar-refractivity contribution is 6.32. The summed E-state index contributed by atoms with van der Waals surface area (Å²) in [7, 11) is 3.05. The van der Waals surface area contributed by atoms with Crippen LogP contribution in [0.5, 0.6) is 11.5 Å². The zero-order valence-electron chi connectivity index (χ0n) is 11.5. The number of carbonyl (C=O) groups excluding carboxylic acids is 1. The Bertz CT molecular complexity index is 449. The lowest BCUT2D eigenvalue weighted by molar-refractivity contribution is -0.145. The summed E-state index contributed by atoms with van der Waals surface area (Å²) in [6, 6.07) is 3.29. The summed E-state index contributed by atoms with van der Waals surface area (Å²) in [5.74, 6) is 0.705. The SMILES string of the molecule is COc1cc(OC)c(NCC(=O)OC(C)C)cc1Cl. The van der Waals surface area contributed by atoms with E-state index >= 15 is 0 Å². The van der Waals surface area contributed by atoms with E-state index in [2.05, 4.69) is 5.32 Å². The van der Waals surface area contributed by atoms with Crippen molar-refractivity contribution < 1.29 is 19.0 Å². The molecular weight excluding hydrogens is 270 g/mol. The van der Waals surface area contributed by atoms with E-state index in [0.717, 1.165) is 0 Å². The van der Waals surface area contributed by atoms with Gasteiger partial charge in [-0.15, -0.1) is 0 Å². The van der Waals surface area contributed by atoms with Gasteiger partial charge in [-0.1, -0.05) is 11.6 Å². The standard InChI is InChI=1S/C13H18ClNO4/c1-8(2)19-13(16)7-15-10-5-9(14)11(17-3)6-12(10)18-4/h5-6,8,15H,7H2,1-4H3. The van der Waals surface area contributed by atoms with Gasteiger partial charge in [0.1, 0.15) is 18.0 Å². The monoisotopic (exact) mass is 287 g/mol. The molecule has 19 heavy (non-hydrogen) atoms. The van der Waals surface area contributed by atoms with E-state index in [1.165, 1.54) is 14.2 Å². The molecule has 0 spiro atoms. The number of benzene rings is 1. The van der Waals surface area contributed by atoms with Crippen molar-refractivity contribution in [2.75, 3.05) is 26.1 Å². The Kier molecular flexibility index (Phi) is 5.76. The predicted molar refractivity (Wildman–Crippen MR) is 74.3 cm³/mol. The van der Waals surface area contributed by atoms with E-state index < -0.39 is 0 Å². The van der Waals surface area contributed by atoms with Gasteiger partial charge in [-0.2, -0.15) is 0 Å². The van der Waals surface area contributed by atoms with Crippen LogP contribution < -0.4 is 14.8 Å². The molecule has 1 aromatic rings. The van der Waals surface area contributed by atoms with E-state index in [9.17, 15) is 4.79 Å². The number of nitrogens with one attached hydrogen (secondary N) is 1. The quantitative estimate of drug-likeness (QED) is 0.815. The summed E-state index contributed by atoms with van der Waals surface area (Å²) in [6.07, 6.45) is -0.143. The van der Waals surface area contributed by atoms with Crippen LogP contribution in [-0.4, -0.2) is 32.8 Å². The van der Waals surface area contributed by atoms with Crippen molar-refractivity contribution in [1.82, 2.24) is 0 Å². The fraction of sp³-hybridized carbons (Fsp3) is 0.462. The average Bonchev–Trinajstić information content (AvgIpc) is 2.35. The third-order valence-corrected chi connectivity index (χ3v) is 2.56. The Labute approximate surface area is 117 Å². The molecule has 0 heterocycles. The lowest BCUT2D eigenvalue weighted by Gasteiger charge is -2.14. The normalized spacial score (nSPS) is 10.2. The van der Waals surface area contributed by atoms with Gasteiger partial charge in [-0.25, -0.2) is 0 Å². The van der Waals surface area contributed by atoms with Crippen LogP contribution in [0.25, 0.3) is 0 Å². The molecule has 1 aromatic carbocycles. The third kappa shape index (κ3) is 4.52. The smallest absolute Gasteiger partial charge is 0.325 e. The molecule has 5 nitrogen and oxygen atoms in total. The zero-order valence-corrected chi connectivity index (χ0v) is 12.2. The summed E-state index contributed by atoms with van der Waals surface area (Å²) in [4.78, 5) is 11.5. The Hall–Kier alpha value is -1.62. The number of rotatable bonds is 6. The average molecular weight is 288 g/mol. The van der Waals surface area contributed by atoms with Crippen molar-refractivity contribution in [3.8, 4) is 11.5 Å². The highest BCUT2D eigenvalue weighted by Crippen LogP contribution is 2.35. The first-order valence-electron chi connectivity index (χ1n) is 5.82. The fourth-order valence-electron chi connectivity index (χ4n) is 1.47. The van der Waals surface area contributed by atoms with Crippen molar-refractivity contribution >= 4 is 23.3 Å². The molecule has 0 aliphatic heterocycles. The van der Waals surface area contributed by atoms with Gasteiger partial charge in [-0.3, -0.25) is 4.79 Å². The minimum atomic E-state index is -0.344. The molecular formula is C13H18ClNO4. The topological polar surface area (TPSA) is 56.8 Å². The molecule has 0 atom stereocenters. The molecule has 106 valence electrons. The van der Waals surface area contributed by atoms with Crippen LogP contribution in [0.4, 0.5) is 5.69 Å². The lowest BCUT2D eigenvalue weighted by Crippen LogP contribution is -2.20. The lowest BCUT2D eigenvalue weighted by atomic mass is 10.2. The molecule has 0 aromatic heterocycles. The summed E-state index contributed by atoms with van der Waals surface area (Å²) >= 11 is 6.02. The second-order valence-electron chi connectivity index (χ2n) is 4.08. The number of anilines is 1. The van der Waals surface area contributed by atoms with Crippen LogP contribution in [0, 0.1) is 0 Å². The highest BCUT2D eigenvalue weighted by Gasteiger charge is 2.12. The number of methoxy groups -OCH3 is 2. The van der Waals surface area contributed by atoms with Crippen LogP contribution in [0.1, 0.15) is 13.8 Å². The van der Waals surface area contributed by atoms with Crippen LogP contribution >= 0.6 is 11.6 Å². The first-order valence-corrected chi connectivity index (χ1v) is 6.20. The molecule has 0 amide bonds. The number of hydrogen-bond donors (Lipinski definition) is 1. The second-order valence-corrected chi connectivity index (χ2v) is 4.49. The largest absolute Gasteiger partial charge is 0.495 e. The fourth-order valence-corrected chi connectivity index (χ4v) is 1.71. The molecule has 0 bridgehead atoms. The van der Waals surface area contributed by atoms with Gasteiger partial charge in [-0.05, 0) is 19.9 Å². The molecule has 0 aliphatic rings. The predicted octanol–water partition coefficient (Wildman–Crippen LogP) is 2.72. The van der Waals surface area contributed by atoms with Crippen molar-refractivity contribution in [2.45, 2.75) is 20.0 Å². The maximum absolute atomic E-state index is 11.5. The maximum Gasteiger partial charge on any atom is 0.325 e. The van der Waals surface area contributed by atoms with Crippen molar-refractivity contribution in [3.63, 3.8) is 0 Å². The summed E-state index contributed by atoms with van der Waals surface area (Å²) < 4.78 is 15.3. The Morgan fingerprint density at radius 1 is 1.26 bits per heavy atom. The summed E-state index contributed by atoms with van der Waals surface area (Å²) in [6.45, 7) is 3.63. The number of carbonyl (C=O) groups is 1. The van der Waals surface area contributed by atoms with Gasteiger partial charge in [0.15, 0.2) is 0 Å². The van der Waals surface area contributed by atoms with E-state index in [0.29, 0.717) is 22.2 Å². The Balaban J connectivity index is 2.77. The Morgan fingerprint density at radius 2 is 1.89 bits per heavy atom. The zero-order chi connectivity index (χ0) is 14.4. The van der Waals surface area contributed by atoms with Crippen LogP contribution in [-0.2, 0) is 9.53 Å². The highest BCUT2D eigenvalue weighted by atomic mass is 35.5. The first-order chi connectivity index (χ1) is 8.97. The van der Waals surface area contributed by atoms with Gasteiger partial charge in [0, 0.05) is 6.07 Å². The molecule has 0 unspecified atom stereocenters. The van der Waals surface area contributed by atoms with Gasteiger partial charge in [0.2, 0.25) is 0 Å². The molecule has 6 heteroatoms. The summed E-state index contributed by atoms with van der Waals surface area (Å²) in [5.41, 5.74) is 0.606. The Morgan fingerprint density at radius 3 is 2.42 bits per heavy atom. The van der Waals surface area contributed by atoms with Crippen LogP contribution in [0.2, 0.25) is 5.02 Å².